The number of aliphatic hydroxyl groups excluding tert-OH is 1. The van der Waals surface area contributed by atoms with Gasteiger partial charge in [0.2, 0.25) is 5.95 Å². The van der Waals surface area contributed by atoms with Gasteiger partial charge >= 0.3 is 13.4 Å². The molecule has 0 aliphatic carbocycles. The van der Waals surface area contributed by atoms with Crippen molar-refractivity contribution < 1.29 is 56.5 Å². The first-order valence-corrected chi connectivity index (χ1v) is 17.1. The number of fused-ring (bicyclic) bond motifs is 1. The quantitative estimate of drug-likeness (QED) is 0.0757. The zero-order chi connectivity index (χ0) is 34.8. The molecule has 0 bridgehead atoms. The van der Waals surface area contributed by atoms with Crippen molar-refractivity contribution in [2.24, 2.45) is 0 Å². The summed E-state index contributed by atoms with van der Waals surface area (Å²) >= 11 is 0. The van der Waals surface area contributed by atoms with Crippen LogP contribution in [-0.4, -0.2) is 105 Å². The summed E-state index contributed by atoms with van der Waals surface area (Å²) < 4.78 is 66.4. The number of nitrogen functional groups attached to an aromatic ring is 2. The molecule has 1 unspecified atom stereocenters. The first-order chi connectivity index (χ1) is 22.7. The Kier molecular flexibility index (Phi) is 11.1. The Labute approximate surface area is 270 Å². The highest BCUT2D eigenvalue weighted by Gasteiger charge is 2.51. The lowest BCUT2D eigenvalue weighted by Crippen LogP contribution is -2.39. The van der Waals surface area contributed by atoms with Crippen LogP contribution in [0.15, 0.2) is 28.2 Å². The fourth-order valence-electron chi connectivity index (χ4n) is 5.18. The molecule has 0 amide bonds. The molecule has 3 aromatic heterocycles. The number of aromatic amines is 1. The van der Waals surface area contributed by atoms with Crippen LogP contribution in [0, 0.1) is 0 Å². The number of methoxy groups -OCH3 is 2. The molecule has 48 heavy (non-hydrogen) atoms. The average Bonchev–Trinajstić information content (AvgIpc) is 3.69. The second kappa shape index (κ2) is 14.8. The van der Waals surface area contributed by atoms with Gasteiger partial charge in [-0.05, 0) is 6.07 Å². The number of rotatable bonds is 15. The lowest BCUT2D eigenvalue weighted by atomic mass is 10.1. The largest absolute Gasteiger partial charge is 0.790 e. The monoisotopic (exact) mass is 721 g/mol. The van der Waals surface area contributed by atoms with E-state index in [1.807, 2.05) is 0 Å². The number of nitrogens with one attached hydrogen (secondary N) is 2. The molecule has 7 N–H and O–H groups in total. The van der Waals surface area contributed by atoms with E-state index >= 15 is 0 Å². The lowest BCUT2D eigenvalue weighted by Gasteiger charge is -2.32. The summed E-state index contributed by atoms with van der Waals surface area (Å²) in [5.74, 6) is -0.268. The summed E-state index contributed by atoms with van der Waals surface area (Å²) in [6, 6.07) is 1.35. The van der Waals surface area contributed by atoms with Crippen molar-refractivity contribution in [2.45, 2.75) is 49.4 Å². The van der Waals surface area contributed by atoms with Crippen molar-refractivity contribution >= 4 is 38.5 Å². The van der Waals surface area contributed by atoms with Gasteiger partial charge in [0.05, 0.1) is 40.1 Å². The highest BCUT2D eigenvalue weighted by Crippen LogP contribution is 2.50. The van der Waals surface area contributed by atoms with Gasteiger partial charge in [0.15, 0.2) is 23.6 Å². The second-order valence-electron chi connectivity index (χ2n) is 10.5. The number of nitrogens with two attached hydrogens (primary N) is 2. The van der Waals surface area contributed by atoms with Crippen molar-refractivity contribution in [1.29, 1.82) is 0 Å². The molecule has 8 atom stereocenters. The zero-order valence-electron chi connectivity index (χ0n) is 25.3. The summed E-state index contributed by atoms with van der Waals surface area (Å²) in [7, 11) is -7.33. The molecule has 23 nitrogen and oxygen atoms in total. The fraction of sp³-hybridized carbons (Fsp3) is 0.609. The smallest absolute Gasteiger partial charge is 0.406 e. The van der Waals surface area contributed by atoms with E-state index in [0.29, 0.717) is 0 Å². The maximum Gasteiger partial charge on any atom is 0.406 e. The molecule has 5 heterocycles. The van der Waals surface area contributed by atoms with E-state index < -0.39 is 83.0 Å². The van der Waals surface area contributed by atoms with Crippen LogP contribution >= 0.6 is 15.6 Å². The van der Waals surface area contributed by atoms with Gasteiger partial charge in [-0.1, -0.05) is 0 Å². The Bertz CT molecular complexity index is 1800. The maximum atomic E-state index is 14.2. The van der Waals surface area contributed by atoms with Gasteiger partial charge in [-0.15, -0.1) is 0 Å². The normalized spacial score (nSPS) is 27.5. The molecular formula is C23H33N9O14P2-2. The van der Waals surface area contributed by atoms with Crippen molar-refractivity contribution in [3.05, 3.63) is 39.4 Å². The SMILES string of the molecule is COCCNP(=O)(OC[C@@H]1C[C@@H](O)[C@H](n2ccc(N)nc2=O)O1)O[C@H]1[C@@H](OC)[C@H](n2cnc3c(=O)[nH]c(N)nc32)O[C@@H]1COP(=O)([O-])[O-]. The topological polar surface area (TPSA) is 328 Å². The molecule has 0 aromatic carbocycles. The molecule has 2 fully saturated rings. The Morgan fingerprint density at radius 1 is 1.10 bits per heavy atom. The van der Waals surface area contributed by atoms with Crippen LogP contribution < -0.4 is 37.6 Å². The number of H-pyrrole nitrogens is 1. The number of aliphatic hydroxyl groups is 1. The molecule has 2 saturated heterocycles. The standard InChI is InChI=1S/C23H35N9O14P2/c1-40-6-4-27-47(36,42-8-11-7-12(33)20(44-11)31-5-3-14(24)28-23(31)35)46-16-13(9-43-48(37,38)39)45-21(17(16)41-2)32-10-26-15-18(32)29-22(25)30-19(15)34/h3,5,10-13,16-17,20-21,33H,4,6-9H2,1-2H3,(H,27,36)(H2,24,28,35)(H2,37,38,39)(H3,25,29,30,34)/p-2/t11-,12+,13+,16+,17+,20+,21+,47?/m0/s1. The van der Waals surface area contributed by atoms with E-state index in [4.69, 9.17) is 39.5 Å². The van der Waals surface area contributed by atoms with Gasteiger partial charge in [0, 0.05) is 33.4 Å². The van der Waals surface area contributed by atoms with E-state index in [1.54, 1.807) is 0 Å². The van der Waals surface area contributed by atoms with E-state index in [-0.39, 0.29) is 42.5 Å². The molecule has 5 rings (SSSR count). The summed E-state index contributed by atoms with van der Waals surface area (Å²) in [4.78, 5) is 61.5. The van der Waals surface area contributed by atoms with Crippen LogP contribution in [0.5, 0.6) is 0 Å². The first kappa shape index (κ1) is 36.1. The number of phosphoric acid groups is 1. The van der Waals surface area contributed by atoms with Crippen LogP contribution in [0.3, 0.4) is 0 Å². The minimum absolute atomic E-state index is 0.0244. The van der Waals surface area contributed by atoms with Crippen molar-refractivity contribution in [3.63, 3.8) is 0 Å². The van der Waals surface area contributed by atoms with Crippen molar-refractivity contribution in [1.82, 2.24) is 34.2 Å². The van der Waals surface area contributed by atoms with E-state index in [1.165, 1.54) is 37.4 Å². The molecule has 0 radical (unpaired) electrons. The van der Waals surface area contributed by atoms with Gasteiger partial charge in [-0.25, -0.2) is 19.4 Å². The van der Waals surface area contributed by atoms with Crippen molar-refractivity contribution in [3.8, 4) is 0 Å². The summed E-state index contributed by atoms with van der Waals surface area (Å²) in [5.41, 5.74) is 9.67. The number of nitrogens with zero attached hydrogens (tertiary/aromatic N) is 5. The van der Waals surface area contributed by atoms with Crippen LogP contribution in [0.25, 0.3) is 11.2 Å². The fourth-order valence-corrected chi connectivity index (χ4v) is 7.04. The minimum Gasteiger partial charge on any atom is -0.790 e. The number of aromatic nitrogens is 6. The lowest BCUT2D eigenvalue weighted by molar-refractivity contribution is -0.343. The van der Waals surface area contributed by atoms with Gasteiger partial charge in [-0.3, -0.25) is 28.0 Å². The molecule has 266 valence electrons. The Morgan fingerprint density at radius 3 is 2.56 bits per heavy atom. The Morgan fingerprint density at radius 2 is 1.88 bits per heavy atom. The summed E-state index contributed by atoms with van der Waals surface area (Å²) in [6.07, 6.45) is -6.20. The number of anilines is 2. The van der Waals surface area contributed by atoms with Gasteiger partial charge < -0.3 is 54.4 Å². The molecule has 2 aliphatic heterocycles. The molecule has 25 heteroatoms. The highest BCUT2D eigenvalue weighted by molar-refractivity contribution is 7.51. The van der Waals surface area contributed by atoms with Crippen LogP contribution in [0.1, 0.15) is 18.9 Å². The number of ether oxygens (including phenoxy) is 4. The number of hydrogen-bond acceptors (Lipinski definition) is 19. The van der Waals surface area contributed by atoms with Crippen molar-refractivity contribution in [2.75, 3.05) is 52.1 Å². The molecule has 3 aromatic rings. The third kappa shape index (κ3) is 8.17. The van der Waals surface area contributed by atoms with Gasteiger partial charge in [0.1, 0.15) is 30.2 Å². The van der Waals surface area contributed by atoms with Crippen LogP contribution in [-0.2, 0) is 41.6 Å². The van der Waals surface area contributed by atoms with Gasteiger partial charge in [0.25, 0.3) is 5.56 Å². The Balaban J connectivity index is 1.40. The maximum absolute atomic E-state index is 14.2. The first-order valence-electron chi connectivity index (χ1n) is 14.1. The summed E-state index contributed by atoms with van der Waals surface area (Å²) in [5, 5.41) is 13.2. The van der Waals surface area contributed by atoms with Gasteiger partial charge in [-0.2, -0.15) is 9.97 Å². The number of phosphoric ester groups is 1. The predicted molar refractivity (Wildman–Crippen MR) is 157 cm³/mol. The Hall–Kier alpha value is -3.15. The third-order valence-corrected chi connectivity index (χ3v) is 9.36. The highest BCUT2D eigenvalue weighted by atomic mass is 31.2. The summed E-state index contributed by atoms with van der Waals surface area (Å²) in [6.45, 7) is -1.35. The van der Waals surface area contributed by atoms with Crippen LogP contribution in [0.4, 0.5) is 11.8 Å². The van der Waals surface area contributed by atoms with E-state index in [2.05, 4.69) is 29.5 Å². The average molecular weight is 722 g/mol. The molecular weight excluding hydrogens is 688 g/mol. The van der Waals surface area contributed by atoms with E-state index in [0.717, 1.165) is 4.57 Å². The predicted octanol–water partition coefficient (Wildman–Crippen LogP) is -3.31. The van der Waals surface area contributed by atoms with E-state index in [9.17, 15) is 33.6 Å². The number of hydrogen-bond donors (Lipinski definition) is 5. The third-order valence-electron chi connectivity index (χ3n) is 7.27. The second-order valence-corrected chi connectivity index (χ2v) is 13.5. The van der Waals surface area contributed by atoms with Crippen LogP contribution in [0.2, 0.25) is 0 Å². The molecule has 0 saturated carbocycles. The molecule has 2 aliphatic rings. The molecule has 0 spiro atoms. The minimum atomic E-state index is -5.53. The number of imidazole rings is 1. The zero-order valence-corrected chi connectivity index (χ0v) is 27.1.